The van der Waals surface area contributed by atoms with Crippen LogP contribution < -0.4 is 11.4 Å². The van der Waals surface area contributed by atoms with Crippen LogP contribution in [0.1, 0.15) is 6.23 Å². The van der Waals surface area contributed by atoms with E-state index in [0.29, 0.717) is 0 Å². The molecule has 0 amide bonds. The number of ether oxygens (including phenoxy) is 1. The first kappa shape index (κ1) is 18.7. The SMILES string of the molecule is Nc1cc[nH]c(=O)n1.OC[C@H]1O[C@@H](n2cnc3c(O)ncnc32)[C@H](O)[C@@H]1O. The number of hydrogen-bond acceptors (Lipinski definition) is 11. The van der Waals surface area contributed by atoms with Gasteiger partial charge in [-0.1, -0.05) is 0 Å². The van der Waals surface area contributed by atoms with Gasteiger partial charge in [-0.25, -0.2) is 14.8 Å². The van der Waals surface area contributed by atoms with Crippen molar-refractivity contribution in [1.82, 2.24) is 29.5 Å². The van der Waals surface area contributed by atoms with Crippen LogP contribution in [-0.2, 0) is 4.74 Å². The van der Waals surface area contributed by atoms with E-state index in [1.807, 2.05) is 0 Å². The molecule has 4 heterocycles. The number of aromatic nitrogens is 6. The monoisotopic (exact) mass is 379 g/mol. The lowest BCUT2D eigenvalue weighted by molar-refractivity contribution is -0.0511. The van der Waals surface area contributed by atoms with E-state index in [9.17, 15) is 20.1 Å². The van der Waals surface area contributed by atoms with E-state index in [2.05, 4.69) is 24.9 Å². The molecule has 13 heteroatoms. The normalized spacial score (nSPS) is 24.6. The molecule has 1 aliphatic rings. The number of aliphatic hydroxyl groups excluding tert-OH is 3. The van der Waals surface area contributed by atoms with Crippen LogP contribution >= 0.6 is 0 Å². The molecule has 4 atom stereocenters. The van der Waals surface area contributed by atoms with Gasteiger partial charge in [-0.05, 0) is 6.07 Å². The highest BCUT2D eigenvalue weighted by Gasteiger charge is 2.44. The number of nitrogen functional groups attached to an aromatic ring is 1. The van der Waals surface area contributed by atoms with E-state index >= 15 is 0 Å². The van der Waals surface area contributed by atoms with E-state index in [1.165, 1.54) is 23.2 Å². The van der Waals surface area contributed by atoms with Gasteiger partial charge >= 0.3 is 5.69 Å². The highest BCUT2D eigenvalue weighted by molar-refractivity contribution is 5.75. The number of nitrogens with zero attached hydrogens (tertiary/aromatic N) is 5. The maximum atomic E-state index is 10.2. The quantitative estimate of drug-likeness (QED) is 0.274. The van der Waals surface area contributed by atoms with Crippen LogP contribution in [0, 0.1) is 0 Å². The van der Waals surface area contributed by atoms with Gasteiger partial charge in [-0.15, -0.1) is 0 Å². The molecule has 7 N–H and O–H groups in total. The third kappa shape index (κ3) is 3.70. The maximum Gasteiger partial charge on any atom is 0.346 e. The molecule has 4 rings (SSSR count). The molecule has 0 spiro atoms. The van der Waals surface area contributed by atoms with Crippen molar-refractivity contribution < 1.29 is 25.2 Å². The number of hydrogen-bond donors (Lipinski definition) is 6. The molecule has 0 radical (unpaired) electrons. The fourth-order valence-electron chi connectivity index (χ4n) is 2.52. The number of imidazole rings is 1. The number of anilines is 1. The van der Waals surface area contributed by atoms with Crippen molar-refractivity contribution in [1.29, 1.82) is 0 Å². The van der Waals surface area contributed by atoms with E-state index in [1.54, 1.807) is 0 Å². The fraction of sp³-hybridized carbons (Fsp3) is 0.357. The second-order valence-corrected chi connectivity index (χ2v) is 5.57. The van der Waals surface area contributed by atoms with Crippen molar-refractivity contribution >= 4 is 17.0 Å². The van der Waals surface area contributed by atoms with Crippen LogP contribution in [0.3, 0.4) is 0 Å². The van der Waals surface area contributed by atoms with Gasteiger partial charge in [0.1, 0.15) is 30.5 Å². The van der Waals surface area contributed by atoms with E-state index in [4.69, 9.17) is 15.6 Å². The van der Waals surface area contributed by atoms with Crippen molar-refractivity contribution in [3.05, 3.63) is 35.4 Å². The molecule has 3 aromatic heterocycles. The van der Waals surface area contributed by atoms with Crippen LogP contribution in [0.5, 0.6) is 5.88 Å². The first-order chi connectivity index (χ1) is 12.9. The summed E-state index contributed by atoms with van der Waals surface area (Å²) in [5.74, 6) is -0.0377. The molecule has 13 nitrogen and oxygen atoms in total. The summed E-state index contributed by atoms with van der Waals surface area (Å²) in [7, 11) is 0. The average Bonchev–Trinajstić information content (AvgIpc) is 3.18. The summed E-state index contributed by atoms with van der Waals surface area (Å²) in [4.78, 5) is 27.4. The van der Waals surface area contributed by atoms with Gasteiger partial charge in [0, 0.05) is 6.20 Å². The summed E-state index contributed by atoms with van der Waals surface area (Å²) in [6.45, 7) is -0.415. The number of aliphatic hydroxyl groups is 3. The van der Waals surface area contributed by atoms with Crippen LogP contribution in [0.25, 0.3) is 11.2 Å². The minimum Gasteiger partial charge on any atom is -0.492 e. The summed E-state index contributed by atoms with van der Waals surface area (Å²) in [5, 5.41) is 38.2. The van der Waals surface area contributed by atoms with Crippen LogP contribution in [0.2, 0.25) is 0 Å². The Hall–Kier alpha value is -3.13. The average molecular weight is 379 g/mol. The molecule has 1 aliphatic heterocycles. The van der Waals surface area contributed by atoms with Gasteiger partial charge in [0.2, 0.25) is 5.88 Å². The molecule has 0 bridgehead atoms. The first-order valence-electron chi connectivity index (χ1n) is 7.72. The minimum absolute atomic E-state index is 0.167. The number of rotatable bonds is 2. The zero-order chi connectivity index (χ0) is 19.6. The Bertz CT molecular complexity index is 976. The predicted molar refractivity (Wildman–Crippen MR) is 89.3 cm³/mol. The third-order valence-electron chi connectivity index (χ3n) is 3.82. The second kappa shape index (κ2) is 7.63. The lowest BCUT2D eigenvalue weighted by atomic mass is 10.1. The molecule has 1 fully saturated rings. The highest BCUT2D eigenvalue weighted by Crippen LogP contribution is 2.32. The molecule has 1 saturated heterocycles. The molecule has 27 heavy (non-hydrogen) atoms. The lowest BCUT2D eigenvalue weighted by Crippen LogP contribution is -2.33. The predicted octanol–water partition coefficient (Wildman–Crippen LogP) is -2.50. The topological polar surface area (TPSA) is 206 Å². The van der Waals surface area contributed by atoms with Crippen LogP contribution in [0.15, 0.2) is 29.7 Å². The van der Waals surface area contributed by atoms with Crippen molar-refractivity contribution in [2.45, 2.75) is 24.5 Å². The van der Waals surface area contributed by atoms with Crippen molar-refractivity contribution in [2.24, 2.45) is 0 Å². The van der Waals surface area contributed by atoms with Gasteiger partial charge < -0.3 is 35.9 Å². The molecule has 0 unspecified atom stereocenters. The number of H-pyrrole nitrogens is 1. The largest absolute Gasteiger partial charge is 0.492 e. The Balaban J connectivity index is 0.000000221. The minimum atomic E-state index is -1.23. The Morgan fingerprint density at radius 2 is 2.04 bits per heavy atom. The van der Waals surface area contributed by atoms with Crippen LogP contribution in [-0.4, -0.2) is 74.8 Å². The summed E-state index contributed by atoms with van der Waals surface area (Å²) < 4.78 is 6.73. The lowest BCUT2D eigenvalue weighted by Gasteiger charge is -2.16. The van der Waals surface area contributed by atoms with E-state index in [-0.39, 0.29) is 22.9 Å². The fourth-order valence-corrected chi connectivity index (χ4v) is 2.52. The molecule has 0 aliphatic carbocycles. The van der Waals surface area contributed by atoms with E-state index in [0.717, 1.165) is 6.33 Å². The van der Waals surface area contributed by atoms with E-state index < -0.39 is 36.8 Å². The number of fused-ring (bicyclic) bond motifs is 1. The summed E-state index contributed by atoms with van der Waals surface area (Å²) in [5.41, 5.74) is 5.15. The highest BCUT2D eigenvalue weighted by atomic mass is 16.6. The zero-order valence-electron chi connectivity index (χ0n) is 13.7. The number of aromatic amines is 1. The molecular weight excluding hydrogens is 362 g/mol. The van der Waals surface area contributed by atoms with Gasteiger partial charge in [-0.2, -0.15) is 9.97 Å². The smallest absolute Gasteiger partial charge is 0.346 e. The van der Waals surface area contributed by atoms with Crippen LogP contribution in [0.4, 0.5) is 5.82 Å². The van der Waals surface area contributed by atoms with Crippen molar-refractivity contribution in [3.63, 3.8) is 0 Å². The Morgan fingerprint density at radius 1 is 1.26 bits per heavy atom. The summed E-state index contributed by atoms with van der Waals surface area (Å²) >= 11 is 0. The Morgan fingerprint density at radius 3 is 2.63 bits per heavy atom. The molecule has 144 valence electrons. The first-order valence-corrected chi connectivity index (χ1v) is 7.72. The molecule has 3 aromatic rings. The second-order valence-electron chi connectivity index (χ2n) is 5.57. The summed E-state index contributed by atoms with van der Waals surface area (Å²) in [6, 6.07) is 1.52. The standard InChI is InChI=1S/C10H12N4O5.C4H5N3O/c15-1-4-6(16)7(17)10(19-4)14-3-13-5-8(14)11-2-12-9(5)18;5-3-1-2-6-4(8)7-3/h2-4,6-7,10,15-17H,1H2,(H,11,12,18);1-2H,(H3,5,6,7,8)/t4-,6-,7-,10-;/m1./s1. The molecular formula is C14H17N7O6. The van der Waals surface area contributed by atoms with Gasteiger partial charge in [0.25, 0.3) is 0 Å². The Kier molecular flexibility index (Phi) is 5.27. The van der Waals surface area contributed by atoms with Crippen molar-refractivity contribution in [2.75, 3.05) is 12.3 Å². The third-order valence-corrected chi connectivity index (χ3v) is 3.82. The Labute approximate surface area is 150 Å². The summed E-state index contributed by atoms with van der Waals surface area (Å²) in [6.07, 6.45) is -0.338. The van der Waals surface area contributed by atoms with Gasteiger partial charge in [0.15, 0.2) is 17.4 Å². The van der Waals surface area contributed by atoms with Gasteiger partial charge in [0.05, 0.1) is 12.9 Å². The maximum absolute atomic E-state index is 10.2. The number of aromatic hydroxyl groups is 1. The van der Waals surface area contributed by atoms with Gasteiger partial charge in [-0.3, -0.25) is 4.57 Å². The number of nitrogens with two attached hydrogens (primary N) is 1. The molecule has 0 aromatic carbocycles. The number of nitrogens with one attached hydrogen (secondary N) is 1. The molecule has 0 saturated carbocycles. The zero-order valence-corrected chi connectivity index (χ0v) is 13.7. The van der Waals surface area contributed by atoms with Crippen molar-refractivity contribution in [3.8, 4) is 5.88 Å².